The van der Waals surface area contributed by atoms with Gasteiger partial charge in [-0.3, -0.25) is 10.1 Å². The fourth-order valence-electron chi connectivity index (χ4n) is 3.31. The molecule has 0 aliphatic carbocycles. The van der Waals surface area contributed by atoms with Crippen LogP contribution in [-0.2, 0) is 13.0 Å². The molecule has 0 unspecified atom stereocenters. The molecular formula is C20H17N5O3. The number of nitriles is 1. The van der Waals surface area contributed by atoms with Crippen LogP contribution in [0.5, 0.6) is 0 Å². The molecule has 0 N–H and O–H groups in total. The van der Waals surface area contributed by atoms with Gasteiger partial charge in [-0.05, 0) is 37.1 Å². The summed E-state index contributed by atoms with van der Waals surface area (Å²) in [6.45, 7) is 0.808. The second kappa shape index (κ2) is 7.48. The Labute approximate surface area is 160 Å². The molecule has 0 radical (unpaired) electrons. The molecule has 0 saturated carbocycles. The summed E-state index contributed by atoms with van der Waals surface area (Å²) in [6.07, 6.45) is 5.79. The minimum Gasteiger partial charge on any atom is -0.457 e. The lowest BCUT2D eigenvalue weighted by molar-refractivity contribution is -0.384. The maximum Gasteiger partial charge on any atom is 0.269 e. The molecule has 1 aliphatic heterocycles. The molecule has 0 amide bonds. The third-order valence-corrected chi connectivity index (χ3v) is 4.75. The van der Waals surface area contributed by atoms with E-state index in [-0.39, 0.29) is 5.69 Å². The predicted octanol–water partition coefficient (Wildman–Crippen LogP) is 4.24. The van der Waals surface area contributed by atoms with E-state index < -0.39 is 4.92 Å². The smallest absolute Gasteiger partial charge is 0.269 e. The molecule has 140 valence electrons. The van der Waals surface area contributed by atoms with Crippen molar-refractivity contribution >= 4 is 17.3 Å². The number of allylic oxidation sites excluding steroid dienone is 1. The van der Waals surface area contributed by atoms with Gasteiger partial charge in [0.2, 0.25) is 0 Å². The maximum absolute atomic E-state index is 10.8. The number of hydrogen-bond donors (Lipinski definition) is 0. The molecule has 3 aromatic rings. The van der Waals surface area contributed by atoms with E-state index in [1.165, 1.54) is 12.1 Å². The molecule has 0 spiro atoms. The van der Waals surface area contributed by atoms with Crippen molar-refractivity contribution in [3.05, 3.63) is 63.9 Å². The van der Waals surface area contributed by atoms with Crippen LogP contribution in [0.1, 0.15) is 36.7 Å². The number of nitro benzene ring substituents is 1. The van der Waals surface area contributed by atoms with Crippen LogP contribution in [0.4, 0.5) is 5.69 Å². The Morgan fingerprint density at radius 1 is 1.18 bits per heavy atom. The minimum atomic E-state index is -0.444. The third-order valence-electron chi connectivity index (χ3n) is 4.75. The first kappa shape index (κ1) is 17.7. The van der Waals surface area contributed by atoms with Gasteiger partial charge in [0, 0.05) is 36.7 Å². The molecule has 28 heavy (non-hydrogen) atoms. The quantitative estimate of drug-likeness (QED) is 0.383. The number of nitro groups is 1. The normalized spacial score (nSPS) is 14.2. The van der Waals surface area contributed by atoms with Crippen molar-refractivity contribution in [2.45, 2.75) is 32.2 Å². The van der Waals surface area contributed by atoms with Crippen LogP contribution in [0.25, 0.3) is 23.0 Å². The fraction of sp³-hybridized carbons (Fsp3) is 0.250. The summed E-state index contributed by atoms with van der Waals surface area (Å²) >= 11 is 0. The molecule has 8 heteroatoms. The van der Waals surface area contributed by atoms with E-state index in [0.29, 0.717) is 22.9 Å². The topological polar surface area (TPSA) is 111 Å². The van der Waals surface area contributed by atoms with Crippen LogP contribution in [0.2, 0.25) is 0 Å². The summed E-state index contributed by atoms with van der Waals surface area (Å²) in [7, 11) is 0. The lowest BCUT2D eigenvalue weighted by Gasteiger charge is -2.05. The first-order valence-corrected chi connectivity index (χ1v) is 9.04. The van der Waals surface area contributed by atoms with Gasteiger partial charge >= 0.3 is 0 Å². The predicted molar refractivity (Wildman–Crippen MR) is 102 cm³/mol. The molecule has 1 aliphatic rings. The number of furan rings is 1. The fourth-order valence-corrected chi connectivity index (χ4v) is 3.31. The number of benzene rings is 1. The molecule has 0 fully saturated rings. The van der Waals surface area contributed by atoms with Gasteiger partial charge in [0.1, 0.15) is 29.0 Å². The van der Waals surface area contributed by atoms with Crippen molar-refractivity contribution < 1.29 is 9.34 Å². The lowest BCUT2D eigenvalue weighted by Crippen LogP contribution is -2.05. The average molecular weight is 375 g/mol. The second-order valence-corrected chi connectivity index (χ2v) is 6.58. The molecule has 0 saturated heterocycles. The van der Waals surface area contributed by atoms with Gasteiger partial charge in [-0.2, -0.15) is 5.26 Å². The van der Waals surface area contributed by atoms with E-state index in [1.807, 2.05) is 4.57 Å². The first-order chi connectivity index (χ1) is 13.7. The van der Waals surface area contributed by atoms with Crippen molar-refractivity contribution in [1.82, 2.24) is 14.8 Å². The van der Waals surface area contributed by atoms with E-state index in [2.05, 4.69) is 16.3 Å². The SMILES string of the molecule is N#C/C(=C\c1ccc(-c2ccc([N+](=O)[O-])cc2)o1)c1nnc2n1CCCCC2. The Kier molecular flexibility index (Phi) is 4.72. The van der Waals surface area contributed by atoms with E-state index in [0.717, 1.165) is 43.6 Å². The number of nitrogens with zero attached hydrogens (tertiary/aromatic N) is 5. The lowest BCUT2D eigenvalue weighted by atomic mass is 10.1. The van der Waals surface area contributed by atoms with Crippen LogP contribution >= 0.6 is 0 Å². The highest BCUT2D eigenvalue weighted by Gasteiger charge is 2.18. The van der Waals surface area contributed by atoms with Crippen molar-refractivity contribution in [3.63, 3.8) is 0 Å². The number of hydrogen-bond acceptors (Lipinski definition) is 6. The Balaban J connectivity index is 1.63. The molecule has 8 nitrogen and oxygen atoms in total. The van der Waals surface area contributed by atoms with Gasteiger partial charge in [-0.15, -0.1) is 10.2 Å². The van der Waals surface area contributed by atoms with Gasteiger partial charge < -0.3 is 8.98 Å². The van der Waals surface area contributed by atoms with Crippen molar-refractivity contribution in [2.75, 3.05) is 0 Å². The van der Waals surface area contributed by atoms with Crippen molar-refractivity contribution in [1.29, 1.82) is 5.26 Å². The van der Waals surface area contributed by atoms with Gasteiger partial charge in [0.25, 0.3) is 5.69 Å². The summed E-state index contributed by atoms with van der Waals surface area (Å²) in [5, 5.41) is 28.9. The number of fused-ring (bicyclic) bond motifs is 1. The average Bonchev–Trinajstić information content (AvgIpc) is 3.27. The van der Waals surface area contributed by atoms with Crippen LogP contribution in [0.3, 0.4) is 0 Å². The van der Waals surface area contributed by atoms with Crippen LogP contribution in [0, 0.1) is 21.4 Å². The van der Waals surface area contributed by atoms with E-state index >= 15 is 0 Å². The third kappa shape index (κ3) is 3.42. The summed E-state index contributed by atoms with van der Waals surface area (Å²) in [5.74, 6) is 2.56. The number of aromatic nitrogens is 3. The van der Waals surface area contributed by atoms with Crippen LogP contribution < -0.4 is 0 Å². The molecule has 3 heterocycles. The molecule has 2 aromatic heterocycles. The summed E-state index contributed by atoms with van der Waals surface area (Å²) in [4.78, 5) is 10.3. The standard InChI is InChI=1S/C20H17N5O3/c21-13-15(20-23-22-19-4-2-1-3-11-24(19)20)12-17-9-10-18(28-17)14-5-7-16(8-6-14)25(26)27/h5-10,12H,1-4,11H2/b15-12+. The number of non-ortho nitro benzene ring substituents is 1. The minimum absolute atomic E-state index is 0.0229. The highest BCUT2D eigenvalue weighted by atomic mass is 16.6. The van der Waals surface area contributed by atoms with Crippen LogP contribution in [0.15, 0.2) is 40.8 Å². The molecule has 0 bridgehead atoms. The molecular weight excluding hydrogens is 358 g/mol. The second-order valence-electron chi connectivity index (χ2n) is 6.58. The highest BCUT2D eigenvalue weighted by molar-refractivity contribution is 5.86. The van der Waals surface area contributed by atoms with Gasteiger partial charge in [-0.25, -0.2) is 0 Å². The Bertz CT molecular complexity index is 1090. The zero-order chi connectivity index (χ0) is 19.5. The summed E-state index contributed by atoms with van der Waals surface area (Å²) in [5.41, 5.74) is 1.14. The zero-order valence-electron chi connectivity index (χ0n) is 15.0. The number of aryl methyl sites for hydroxylation is 1. The van der Waals surface area contributed by atoms with Gasteiger partial charge in [0.15, 0.2) is 5.82 Å². The van der Waals surface area contributed by atoms with E-state index in [9.17, 15) is 15.4 Å². The Morgan fingerprint density at radius 3 is 2.75 bits per heavy atom. The Morgan fingerprint density at radius 2 is 2.00 bits per heavy atom. The molecule has 4 rings (SSSR count). The Hall–Kier alpha value is -3.73. The number of rotatable bonds is 4. The van der Waals surface area contributed by atoms with E-state index in [1.54, 1.807) is 30.3 Å². The van der Waals surface area contributed by atoms with Gasteiger partial charge in [0.05, 0.1) is 4.92 Å². The summed E-state index contributed by atoms with van der Waals surface area (Å²) < 4.78 is 7.83. The van der Waals surface area contributed by atoms with E-state index in [4.69, 9.17) is 4.42 Å². The molecule has 1 aromatic carbocycles. The van der Waals surface area contributed by atoms with Crippen LogP contribution in [-0.4, -0.2) is 19.7 Å². The zero-order valence-corrected chi connectivity index (χ0v) is 15.0. The largest absolute Gasteiger partial charge is 0.457 e. The highest BCUT2D eigenvalue weighted by Crippen LogP contribution is 2.27. The van der Waals surface area contributed by atoms with Crippen molar-refractivity contribution in [2.24, 2.45) is 0 Å². The maximum atomic E-state index is 10.8. The first-order valence-electron chi connectivity index (χ1n) is 9.04. The van der Waals surface area contributed by atoms with Crippen molar-refractivity contribution in [3.8, 4) is 17.4 Å². The van der Waals surface area contributed by atoms with Gasteiger partial charge in [-0.1, -0.05) is 6.42 Å². The summed E-state index contributed by atoms with van der Waals surface area (Å²) in [6, 6.07) is 11.8. The molecule has 0 atom stereocenters. The monoisotopic (exact) mass is 375 g/mol.